The lowest BCUT2D eigenvalue weighted by atomic mass is 9.91. The molecule has 9 nitrogen and oxygen atoms in total. The number of carbonyl (C=O) groups excluding carboxylic acids is 2. The van der Waals surface area contributed by atoms with Gasteiger partial charge in [0.1, 0.15) is 0 Å². The average Bonchev–Trinajstić information content (AvgIpc) is 3.26. The van der Waals surface area contributed by atoms with Gasteiger partial charge in [-0.2, -0.15) is 0 Å². The largest absolute Gasteiger partial charge is 0.385 e. The number of carbonyl (C=O) groups is 2. The number of unbranched alkanes of at least 4 members (excludes halogenated alkanes) is 1. The topological polar surface area (TPSA) is 103 Å². The molecular formula is C27H41N5O4. The van der Waals surface area contributed by atoms with Gasteiger partial charge in [0.2, 0.25) is 5.91 Å². The van der Waals surface area contributed by atoms with Gasteiger partial charge in [0.15, 0.2) is 5.82 Å². The van der Waals surface area contributed by atoms with Crippen LogP contribution in [0, 0.1) is 11.8 Å². The van der Waals surface area contributed by atoms with Crippen molar-refractivity contribution in [2.75, 3.05) is 53.0 Å². The number of benzene rings is 1. The maximum atomic E-state index is 13.8. The number of piperidine rings is 1. The molecule has 0 spiro atoms. The molecule has 4 rings (SSSR count). The van der Waals surface area contributed by atoms with Crippen molar-refractivity contribution in [2.24, 2.45) is 17.6 Å². The van der Waals surface area contributed by atoms with Crippen LogP contribution in [0.15, 0.2) is 24.3 Å². The predicted octanol–water partition coefficient (Wildman–Crippen LogP) is 2.70. The molecule has 0 radical (unpaired) electrons. The van der Waals surface area contributed by atoms with Gasteiger partial charge in [-0.05, 0) is 43.7 Å². The Morgan fingerprint density at radius 3 is 2.75 bits per heavy atom. The first kappa shape index (κ1) is 26.6. The number of nitrogens with two attached hydrogens (primary N) is 1. The van der Waals surface area contributed by atoms with Crippen LogP contribution in [0.3, 0.4) is 0 Å². The van der Waals surface area contributed by atoms with Crippen molar-refractivity contribution in [3.05, 3.63) is 30.1 Å². The van der Waals surface area contributed by atoms with Gasteiger partial charge in [0.25, 0.3) is 5.91 Å². The molecule has 1 aromatic heterocycles. The lowest BCUT2D eigenvalue weighted by Gasteiger charge is -2.42. The summed E-state index contributed by atoms with van der Waals surface area (Å²) in [6.07, 6.45) is 3.69. The van der Waals surface area contributed by atoms with Crippen molar-refractivity contribution in [1.29, 1.82) is 0 Å². The maximum Gasteiger partial charge on any atom is 0.284 e. The summed E-state index contributed by atoms with van der Waals surface area (Å²) in [5.74, 6) is 0.218. The number of para-hydroxylation sites is 2. The van der Waals surface area contributed by atoms with E-state index >= 15 is 0 Å². The van der Waals surface area contributed by atoms with E-state index in [1.165, 1.54) is 0 Å². The third-order valence-electron chi connectivity index (χ3n) is 7.23. The van der Waals surface area contributed by atoms with E-state index in [4.69, 9.17) is 15.2 Å². The smallest absolute Gasteiger partial charge is 0.284 e. The molecule has 1 aromatic carbocycles. The Bertz CT molecular complexity index is 1040. The molecule has 3 atom stereocenters. The van der Waals surface area contributed by atoms with E-state index in [2.05, 4.69) is 23.7 Å². The van der Waals surface area contributed by atoms with Gasteiger partial charge in [-0.3, -0.25) is 9.59 Å². The Balaban J connectivity index is 1.54. The minimum atomic E-state index is -0.542. The van der Waals surface area contributed by atoms with E-state index in [-0.39, 0.29) is 29.8 Å². The lowest BCUT2D eigenvalue weighted by Crippen LogP contribution is -2.52. The number of hydrogen-bond acceptors (Lipinski definition) is 6. The summed E-state index contributed by atoms with van der Waals surface area (Å²) in [5.41, 5.74) is 7.39. The first-order valence-electron chi connectivity index (χ1n) is 13.3. The number of nitrogens with zero attached hydrogens (tertiary/aromatic N) is 4. The normalized spacial score (nSPS) is 23.4. The SMILES string of the molecule is COCCCCC1CN(C(=O)[C@@H]2C[C@H](n3c(C(N)=O)nc4ccccc43)CN(CC(C)C)C2)CCO1. The van der Waals surface area contributed by atoms with Crippen LogP contribution >= 0.6 is 0 Å². The van der Waals surface area contributed by atoms with E-state index < -0.39 is 5.91 Å². The van der Waals surface area contributed by atoms with Crippen molar-refractivity contribution >= 4 is 22.8 Å². The summed E-state index contributed by atoms with van der Waals surface area (Å²) in [5, 5.41) is 0. The van der Waals surface area contributed by atoms with Gasteiger partial charge in [0, 0.05) is 52.5 Å². The molecule has 2 aliphatic rings. The molecule has 0 aliphatic carbocycles. The third kappa shape index (κ3) is 6.25. The Morgan fingerprint density at radius 1 is 1.19 bits per heavy atom. The molecule has 2 N–H and O–H groups in total. The van der Waals surface area contributed by atoms with Crippen molar-refractivity contribution < 1.29 is 19.1 Å². The number of amides is 2. The summed E-state index contributed by atoms with van der Waals surface area (Å²) in [6.45, 7) is 9.35. The zero-order valence-electron chi connectivity index (χ0n) is 21.9. The summed E-state index contributed by atoms with van der Waals surface area (Å²) < 4.78 is 13.1. The average molecular weight is 500 g/mol. The molecular weight excluding hydrogens is 458 g/mol. The fourth-order valence-corrected chi connectivity index (χ4v) is 5.75. The quantitative estimate of drug-likeness (QED) is 0.504. The molecule has 2 saturated heterocycles. The highest BCUT2D eigenvalue weighted by molar-refractivity contribution is 5.93. The Labute approximate surface area is 213 Å². The van der Waals surface area contributed by atoms with Crippen molar-refractivity contribution in [3.8, 4) is 0 Å². The maximum absolute atomic E-state index is 13.8. The molecule has 0 bridgehead atoms. The molecule has 2 fully saturated rings. The lowest BCUT2D eigenvalue weighted by molar-refractivity contribution is -0.146. The zero-order chi connectivity index (χ0) is 25.7. The number of methoxy groups -OCH3 is 1. The van der Waals surface area contributed by atoms with Crippen LogP contribution in [0.2, 0.25) is 0 Å². The molecule has 36 heavy (non-hydrogen) atoms. The second kappa shape index (κ2) is 12.2. The second-order valence-corrected chi connectivity index (χ2v) is 10.6. The molecule has 2 amide bonds. The molecule has 1 unspecified atom stereocenters. The molecule has 3 heterocycles. The number of likely N-dealkylation sites (tertiary alicyclic amines) is 1. The highest BCUT2D eigenvalue weighted by Gasteiger charge is 2.38. The van der Waals surface area contributed by atoms with Crippen molar-refractivity contribution in [2.45, 2.75) is 51.7 Å². The molecule has 2 aliphatic heterocycles. The Kier molecular flexibility index (Phi) is 8.98. The van der Waals surface area contributed by atoms with Gasteiger partial charge < -0.3 is 29.6 Å². The molecule has 0 saturated carbocycles. The number of ether oxygens (including phenoxy) is 2. The van der Waals surface area contributed by atoms with Gasteiger partial charge in [-0.25, -0.2) is 4.98 Å². The summed E-state index contributed by atoms with van der Waals surface area (Å²) in [4.78, 5) is 35.0. The number of hydrogen-bond donors (Lipinski definition) is 1. The predicted molar refractivity (Wildman–Crippen MR) is 139 cm³/mol. The van der Waals surface area contributed by atoms with Gasteiger partial charge in [-0.15, -0.1) is 0 Å². The standard InChI is InChI=1S/C27H41N5O4/c1-19(2)15-30-16-20(27(34)31-11-13-36-22(18-31)8-6-7-12-35-3)14-21(17-30)32-24-10-5-4-9-23(24)29-26(32)25(28)33/h4-5,9-10,19-22H,6-8,11-18H2,1-3H3,(H2,28,33)/t20-,21+,22?/m1/s1. The van der Waals surface area contributed by atoms with Crippen LogP contribution < -0.4 is 5.73 Å². The van der Waals surface area contributed by atoms with Crippen LogP contribution in [0.25, 0.3) is 11.0 Å². The van der Waals surface area contributed by atoms with E-state index in [0.717, 1.165) is 56.5 Å². The molecule has 2 aromatic rings. The number of imidazole rings is 1. The number of aromatic nitrogens is 2. The minimum absolute atomic E-state index is 0.0627. The van der Waals surface area contributed by atoms with E-state index in [0.29, 0.717) is 32.0 Å². The Morgan fingerprint density at radius 2 is 2.00 bits per heavy atom. The van der Waals surface area contributed by atoms with E-state index in [1.54, 1.807) is 7.11 Å². The number of rotatable bonds is 10. The monoisotopic (exact) mass is 499 g/mol. The van der Waals surface area contributed by atoms with Crippen LogP contribution in [0.4, 0.5) is 0 Å². The first-order chi connectivity index (χ1) is 17.4. The van der Waals surface area contributed by atoms with Crippen LogP contribution in [0.5, 0.6) is 0 Å². The number of fused-ring (bicyclic) bond motifs is 1. The van der Waals surface area contributed by atoms with Gasteiger partial charge in [0.05, 0.1) is 29.7 Å². The third-order valence-corrected chi connectivity index (χ3v) is 7.23. The summed E-state index contributed by atoms with van der Waals surface area (Å²) in [7, 11) is 1.72. The highest BCUT2D eigenvalue weighted by atomic mass is 16.5. The van der Waals surface area contributed by atoms with Gasteiger partial charge >= 0.3 is 0 Å². The van der Waals surface area contributed by atoms with Crippen LogP contribution in [-0.2, 0) is 14.3 Å². The van der Waals surface area contributed by atoms with Crippen LogP contribution in [-0.4, -0.2) is 90.3 Å². The van der Waals surface area contributed by atoms with Crippen LogP contribution in [0.1, 0.15) is 56.2 Å². The Hall–Kier alpha value is -2.49. The summed E-state index contributed by atoms with van der Waals surface area (Å²) in [6, 6.07) is 7.67. The number of morpholine rings is 1. The van der Waals surface area contributed by atoms with Crippen molar-refractivity contribution in [3.63, 3.8) is 0 Å². The van der Waals surface area contributed by atoms with E-state index in [1.807, 2.05) is 33.7 Å². The molecule has 9 heteroatoms. The first-order valence-corrected chi connectivity index (χ1v) is 13.3. The second-order valence-electron chi connectivity index (χ2n) is 10.6. The molecule has 198 valence electrons. The summed E-state index contributed by atoms with van der Waals surface area (Å²) >= 11 is 0. The fraction of sp³-hybridized carbons (Fsp3) is 0.667. The fourth-order valence-electron chi connectivity index (χ4n) is 5.75. The van der Waals surface area contributed by atoms with Crippen molar-refractivity contribution in [1.82, 2.24) is 19.4 Å². The highest BCUT2D eigenvalue weighted by Crippen LogP contribution is 2.32. The zero-order valence-corrected chi connectivity index (χ0v) is 21.9. The minimum Gasteiger partial charge on any atom is -0.385 e. The van der Waals surface area contributed by atoms with E-state index in [9.17, 15) is 9.59 Å². The number of primary amides is 1. The van der Waals surface area contributed by atoms with Gasteiger partial charge in [-0.1, -0.05) is 26.0 Å².